The smallest absolute Gasteiger partial charge is 0.311 e. The molecular weight excluding hydrogens is 232 g/mol. The molecule has 0 aromatic carbocycles. The van der Waals surface area contributed by atoms with Crippen LogP contribution in [0.5, 0.6) is 0 Å². The third kappa shape index (κ3) is 2.28. The van der Waals surface area contributed by atoms with Crippen LogP contribution in [0.2, 0.25) is 0 Å². The molecule has 0 bridgehead atoms. The Bertz CT molecular complexity index is 461. The molecule has 1 aliphatic rings. The summed E-state index contributed by atoms with van der Waals surface area (Å²) in [5.74, 6) is 0.476. The van der Waals surface area contributed by atoms with Crippen LogP contribution in [-0.2, 0) is 0 Å². The number of nitro groups is 1. The van der Waals surface area contributed by atoms with Crippen LogP contribution in [0.4, 0.5) is 11.5 Å². The number of hydrogen-bond acceptors (Lipinski definition) is 5. The monoisotopic (exact) mass is 250 g/mol. The number of rotatable bonds is 2. The molecule has 1 aromatic rings. The molecule has 0 amide bonds. The zero-order chi connectivity index (χ0) is 13.3. The van der Waals surface area contributed by atoms with Gasteiger partial charge in [0.2, 0.25) is 5.82 Å². The van der Waals surface area contributed by atoms with Gasteiger partial charge in [-0.05, 0) is 27.0 Å². The molecule has 0 unspecified atom stereocenters. The number of aromatic nitrogens is 1. The number of anilines is 1. The van der Waals surface area contributed by atoms with Crippen LogP contribution in [0.1, 0.15) is 13.8 Å². The third-order valence-electron chi connectivity index (χ3n) is 3.58. The van der Waals surface area contributed by atoms with Gasteiger partial charge in [-0.25, -0.2) is 4.98 Å². The Morgan fingerprint density at radius 2 is 2.17 bits per heavy atom. The molecule has 1 fully saturated rings. The van der Waals surface area contributed by atoms with Crippen molar-refractivity contribution in [2.45, 2.75) is 19.4 Å². The summed E-state index contributed by atoms with van der Waals surface area (Å²) in [7, 11) is 2.07. The minimum Gasteiger partial charge on any atom is -0.348 e. The first kappa shape index (κ1) is 12.8. The second-order valence-corrected chi connectivity index (χ2v) is 5.26. The summed E-state index contributed by atoms with van der Waals surface area (Å²) in [6, 6.07) is 3.11. The standard InChI is InChI=1S/C12H18N4O2/c1-12(2)9-15(8-7-14(12)3)11-10(16(17)18)5-4-6-13-11/h4-6H,7-9H2,1-3H3. The van der Waals surface area contributed by atoms with Crippen LogP contribution in [0.25, 0.3) is 0 Å². The molecule has 0 saturated carbocycles. The van der Waals surface area contributed by atoms with Gasteiger partial charge >= 0.3 is 5.69 Å². The van der Waals surface area contributed by atoms with Crippen molar-refractivity contribution < 1.29 is 4.92 Å². The maximum Gasteiger partial charge on any atom is 0.311 e. The summed E-state index contributed by atoms with van der Waals surface area (Å²) in [4.78, 5) is 19.1. The summed E-state index contributed by atoms with van der Waals surface area (Å²) in [5, 5.41) is 11.0. The van der Waals surface area contributed by atoms with E-state index in [0.717, 1.165) is 19.6 Å². The molecule has 98 valence electrons. The molecule has 6 nitrogen and oxygen atoms in total. The lowest BCUT2D eigenvalue weighted by atomic mass is 10.00. The van der Waals surface area contributed by atoms with E-state index in [-0.39, 0.29) is 16.1 Å². The minimum absolute atomic E-state index is 0.0103. The Morgan fingerprint density at radius 1 is 1.44 bits per heavy atom. The van der Waals surface area contributed by atoms with Crippen molar-refractivity contribution in [3.8, 4) is 0 Å². The van der Waals surface area contributed by atoms with Gasteiger partial charge in [0.1, 0.15) is 0 Å². The van der Waals surface area contributed by atoms with Gasteiger partial charge in [-0.15, -0.1) is 0 Å². The van der Waals surface area contributed by atoms with Crippen LogP contribution in [0, 0.1) is 10.1 Å². The van der Waals surface area contributed by atoms with Gasteiger partial charge in [-0.2, -0.15) is 0 Å². The summed E-state index contributed by atoms with van der Waals surface area (Å²) in [5.41, 5.74) is 0.0711. The fraction of sp³-hybridized carbons (Fsp3) is 0.583. The highest BCUT2D eigenvalue weighted by molar-refractivity contribution is 5.57. The highest BCUT2D eigenvalue weighted by Crippen LogP contribution is 2.29. The molecule has 0 atom stereocenters. The predicted octanol–water partition coefficient (Wildman–Crippen LogP) is 1.52. The topological polar surface area (TPSA) is 62.5 Å². The largest absolute Gasteiger partial charge is 0.348 e. The summed E-state index contributed by atoms with van der Waals surface area (Å²) >= 11 is 0. The van der Waals surface area contributed by atoms with Crippen molar-refractivity contribution in [1.29, 1.82) is 0 Å². The van der Waals surface area contributed by atoms with Crippen molar-refractivity contribution in [2.75, 3.05) is 31.6 Å². The van der Waals surface area contributed by atoms with Crippen LogP contribution < -0.4 is 4.90 Å². The van der Waals surface area contributed by atoms with Gasteiger partial charge in [0.05, 0.1) is 4.92 Å². The van der Waals surface area contributed by atoms with E-state index in [0.29, 0.717) is 5.82 Å². The lowest BCUT2D eigenvalue weighted by Crippen LogP contribution is -2.58. The normalized spacial score (nSPS) is 19.8. The van der Waals surface area contributed by atoms with Crippen LogP contribution in [0.3, 0.4) is 0 Å². The number of nitrogens with zero attached hydrogens (tertiary/aromatic N) is 4. The van der Waals surface area contributed by atoms with Gasteiger partial charge < -0.3 is 4.90 Å². The molecule has 18 heavy (non-hydrogen) atoms. The Kier molecular flexibility index (Phi) is 3.21. The molecule has 1 aromatic heterocycles. The van der Waals surface area contributed by atoms with E-state index in [2.05, 4.69) is 30.8 Å². The Hall–Kier alpha value is -1.69. The summed E-state index contributed by atoms with van der Waals surface area (Å²) in [6.45, 7) is 6.64. The Balaban J connectivity index is 2.30. The maximum absolute atomic E-state index is 11.0. The van der Waals surface area contributed by atoms with E-state index >= 15 is 0 Å². The zero-order valence-corrected chi connectivity index (χ0v) is 11.0. The molecule has 1 saturated heterocycles. The Morgan fingerprint density at radius 3 is 2.78 bits per heavy atom. The fourth-order valence-electron chi connectivity index (χ4n) is 2.20. The van der Waals surface area contributed by atoms with E-state index in [4.69, 9.17) is 0 Å². The fourth-order valence-corrected chi connectivity index (χ4v) is 2.20. The van der Waals surface area contributed by atoms with E-state index in [1.54, 1.807) is 12.3 Å². The van der Waals surface area contributed by atoms with E-state index in [1.807, 2.05) is 4.90 Å². The molecule has 0 radical (unpaired) electrons. The third-order valence-corrected chi connectivity index (χ3v) is 3.58. The van der Waals surface area contributed by atoms with E-state index in [1.165, 1.54) is 6.07 Å². The highest BCUT2D eigenvalue weighted by atomic mass is 16.6. The molecule has 0 spiro atoms. The first-order chi connectivity index (χ1) is 8.42. The summed E-state index contributed by atoms with van der Waals surface area (Å²) in [6.07, 6.45) is 1.60. The SMILES string of the molecule is CN1CCN(c2ncccc2[N+](=O)[O-])CC1(C)C. The van der Waals surface area contributed by atoms with Crippen LogP contribution in [-0.4, -0.2) is 47.0 Å². The van der Waals surface area contributed by atoms with Crippen molar-refractivity contribution in [3.63, 3.8) is 0 Å². The first-order valence-electron chi connectivity index (χ1n) is 5.97. The second kappa shape index (κ2) is 4.53. The van der Waals surface area contributed by atoms with Gasteiger partial charge in [0.15, 0.2) is 0 Å². The van der Waals surface area contributed by atoms with Gasteiger partial charge in [-0.1, -0.05) is 0 Å². The molecule has 1 aliphatic heterocycles. The summed E-state index contributed by atoms with van der Waals surface area (Å²) < 4.78 is 0. The lowest BCUT2D eigenvalue weighted by molar-refractivity contribution is -0.384. The van der Waals surface area contributed by atoms with Crippen LogP contribution >= 0.6 is 0 Å². The quantitative estimate of drug-likeness (QED) is 0.588. The molecule has 2 heterocycles. The van der Waals surface area contributed by atoms with Gasteiger partial charge in [0.25, 0.3) is 0 Å². The zero-order valence-electron chi connectivity index (χ0n) is 11.0. The average Bonchev–Trinajstić information content (AvgIpc) is 2.32. The average molecular weight is 250 g/mol. The molecule has 0 aliphatic carbocycles. The van der Waals surface area contributed by atoms with E-state index < -0.39 is 0 Å². The second-order valence-electron chi connectivity index (χ2n) is 5.26. The number of pyridine rings is 1. The minimum atomic E-state index is -0.367. The maximum atomic E-state index is 11.0. The van der Waals surface area contributed by atoms with Crippen LogP contribution in [0.15, 0.2) is 18.3 Å². The molecule has 6 heteroatoms. The van der Waals surface area contributed by atoms with Gasteiger partial charge in [0, 0.05) is 37.4 Å². The van der Waals surface area contributed by atoms with Crippen molar-refractivity contribution in [2.24, 2.45) is 0 Å². The predicted molar refractivity (Wildman–Crippen MR) is 69.8 cm³/mol. The van der Waals surface area contributed by atoms with Gasteiger partial charge in [-0.3, -0.25) is 15.0 Å². The highest BCUT2D eigenvalue weighted by Gasteiger charge is 2.33. The Labute approximate surface area is 106 Å². The van der Waals surface area contributed by atoms with Crippen molar-refractivity contribution in [1.82, 2.24) is 9.88 Å². The first-order valence-corrected chi connectivity index (χ1v) is 5.97. The molecule has 2 rings (SSSR count). The lowest BCUT2D eigenvalue weighted by Gasteiger charge is -2.45. The number of hydrogen-bond donors (Lipinski definition) is 0. The van der Waals surface area contributed by atoms with Crippen molar-refractivity contribution >= 4 is 11.5 Å². The molecular formula is C12H18N4O2. The van der Waals surface area contributed by atoms with E-state index in [9.17, 15) is 10.1 Å². The molecule has 0 N–H and O–H groups in total. The van der Waals surface area contributed by atoms with Crippen molar-refractivity contribution in [3.05, 3.63) is 28.4 Å². The number of likely N-dealkylation sites (N-methyl/N-ethyl adjacent to an activating group) is 1. The number of piperazine rings is 1.